The molecule has 0 spiro atoms. The molecule has 290 valence electrons. The Morgan fingerprint density at radius 1 is 1.06 bits per heavy atom. The summed E-state index contributed by atoms with van der Waals surface area (Å²) in [4.78, 5) is 0.242. The van der Waals surface area contributed by atoms with Gasteiger partial charge in [0.25, 0.3) is 10.1 Å². The molecule has 0 bridgehead atoms. The maximum Gasteiger partial charge on any atom is 0.264 e. The highest BCUT2D eigenvalue weighted by atomic mass is 32.2. The molecule has 12 nitrogen and oxygen atoms in total. The maximum absolute atomic E-state index is 13.7. The first kappa shape index (κ1) is 42.0. The van der Waals surface area contributed by atoms with Crippen LogP contribution in [0.15, 0.2) is 59.5 Å². The summed E-state index contributed by atoms with van der Waals surface area (Å²) in [6, 6.07) is 8.39. The van der Waals surface area contributed by atoms with E-state index in [0.29, 0.717) is 57.1 Å². The van der Waals surface area contributed by atoms with Gasteiger partial charge in [-0.3, -0.25) is 4.18 Å². The van der Waals surface area contributed by atoms with Crippen LogP contribution in [0.5, 0.6) is 0 Å². The van der Waals surface area contributed by atoms with Crippen LogP contribution in [0.2, 0.25) is 0 Å². The molecule has 1 aromatic carbocycles. The standard InChI is InChI=1S/C37H58O12S2/c1-24-18-27(15-16-32(39)25(2)19-28(12-11-17-38)49-50(7,40)41)46-33(26(24)3)21-34-31(23-51(42,43)30-13-9-8-10-14-30)36(44-6)35(47-34)20-29-22-45-37(4,5)48-29/h8-10,13-14,24,27-29,31-36,38-39H,2-3,11-12,15-23H2,1,4-7H3/t24-,27+,28-,29+,31+,32+,33?,34+,35-,36-/m1/s1. The van der Waals surface area contributed by atoms with Gasteiger partial charge in [0.15, 0.2) is 15.6 Å². The number of ether oxygens (including phenoxy) is 5. The number of benzene rings is 1. The van der Waals surface area contributed by atoms with Crippen LogP contribution in [0.1, 0.15) is 72.1 Å². The van der Waals surface area contributed by atoms with E-state index in [-0.39, 0.29) is 41.8 Å². The van der Waals surface area contributed by atoms with Crippen molar-refractivity contribution in [1.82, 2.24) is 0 Å². The molecule has 2 N–H and O–H groups in total. The van der Waals surface area contributed by atoms with Crippen molar-refractivity contribution in [3.05, 3.63) is 54.6 Å². The lowest BCUT2D eigenvalue weighted by atomic mass is 9.83. The number of hydrogen-bond donors (Lipinski definition) is 2. The molecule has 10 atom stereocenters. The summed E-state index contributed by atoms with van der Waals surface area (Å²) < 4.78 is 87.2. The van der Waals surface area contributed by atoms with Crippen molar-refractivity contribution < 1.29 is 54.9 Å². The largest absolute Gasteiger partial charge is 0.396 e. The van der Waals surface area contributed by atoms with E-state index in [4.69, 9.17) is 27.9 Å². The van der Waals surface area contributed by atoms with E-state index in [1.807, 2.05) is 13.8 Å². The molecule has 1 aromatic rings. The summed E-state index contributed by atoms with van der Waals surface area (Å²) in [6.07, 6.45) is 0.212. The Bertz CT molecular complexity index is 1510. The van der Waals surface area contributed by atoms with Crippen molar-refractivity contribution in [1.29, 1.82) is 0 Å². The molecule has 3 fully saturated rings. The van der Waals surface area contributed by atoms with Gasteiger partial charge in [-0.1, -0.05) is 38.3 Å². The third-order valence-electron chi connectivity index (χ3n) is 10.1. The average molecular weight is 759 g/mol. The summed E-state index contributed by atoms with van der Waals surface area (Å²) in [5.74, 6) is -1.27. The lowest BCUT2D eigenvalue weighted by Crippen LogP contribution is -2.40. The van der Waals surface area contributed by atoms with Gasteiger partial charge in [-0.25, -0.2) is 8.42 Å². The Morgan fingerprint density at radius 2 is 1.76 bits per heavy atom. The van der Waals surface area contributed by atoms with Gasteiger partial charge in [0, 0.05) is 32.5 Å². The molecule has 0 amide bonds. The summed E-state index contributed by atoms with van der Waals surface area (Å²) in [6.45, 7) is 14.4. The Balaban J connectivity index is 1.45. The second kappa shape index (κ2) is 18.1. The smallest absolute Gasteiger partial charge is 0.264 e. The van der Waals surface area contributed by atoms with Gasteiger partial charge in [-0.15, -0.1) is 0 Å². The highest BCUT2D eigenvalue weighted by molar-refractivity contribution is 7.91. The van der Waals surface area contributed by atoms with E-state index in [0.717, 1.165) is 11.8 Å². The number of hydrogen-bond acceptors (Lipinski definition) is 12. The van der Waals surface area contributed by atoms with E-state index in [1.54, 1.807) is 37.4 Å². The minimum Gasteiger partial charge on any atom is -0.396 e. The topological polar surface area (TPSA) is 164 Å². The van der Waals surface area contributed by atoms with Gasteiger partial charge < -0.3 is 33.9 Å². The van der Waals surface area contributed by atoms with E-state index in [9.17, 15) is 27.0 Å². The predicted octanol–water partition coefficient (Wildman–Crippen LogP) is 4.35. The molecule has 0 radical (unpaired) electrons. The summed E-state index contributed by atoms with van der Waals surface area (Å²) in [5.41, 5.74) is 1.35. The first-order valence-corrected chi connectivity index (χ1v) is 21.3. The van der Waals surface area contributed by atoms with Crippen molar-refractivity contribution in [2.75, 3.05) is 32.3 Å². The van der Waals surface area contributed by atoms with Gasteiger partial charge in [0.05, 0.1) is 72.3 Å². The molecule has 3 aliphatic rings. The van der Waals surface area contributed by atoms with Crippen LogP contribution in [0.4, 0.5) is 0 Å². The molecule has 3 heterocycles. The molecule has 3 saturated heterocycles. The molecular weight excluding hydrogens is 701 g/mol. The molecule has 1 unspecified atom stereocenters. The summed E-state index contributed by atoms with van der Waals surface area (Å²) in [7, 11) is -5.83. The highest BCUT2D eigenvalue weighted by Crippen LogP contribution is 2.41. The van der Waals surface area contributed by atoms with Crippen molar-refractivity contribution in [3.63, 3.8) is 0 Å². The van der Waals surface area contributed by atoms with Crippen LogP contribution in [0, 0.1) is 11.8 Å². The van der Waals surface area contributed by atoms with Crippen molar-refractivity contribution in [2.45, 2.75) is 132 Å². The van der Waals surface area contributed by atoms with E-state index in [1.165, 1.54) is 0 Å². The first-order chi connectivity index (χ1) is 23.9. The predicted molar refractivity (Wildman–Crippen MR) is 192 cm³/mol. The molecule has 0 aromatic heterocycles. The lowest BCUT2D eigenvalue weighted by molar-refractivity contribution is -0.144. The second-order valence-corrected chi connectivity index (χ2v) is 18.4. The summed E-state index contributed by atoms with van der Waals surface area (Å²) >= 11 is 0. The zero-order valence-electron chi connectivity index (χ0n) is 30.6. The van der Waals surface area contributed by atoms with Crippen molar-refractivity contribution in [2.24, 2.45) is 11.8 Å². The number of methoxy groups -OCH3 is 1. The fraction of sp³-hybridized carbons (Fsp3) is 0.730. The number of aliphatic hydroxyl groups is 2. The first-order valence-electron chi connectivity index (χ1n) is 17.9. The van der Waals surface area contributed by atoms with Crippen LogP contribution < -0.4 is 0 Å². The molecular formula is C37H58O12S2. The van der Waals surface area contributed by atoms with Crippen LogP contribution in [0.3, 0.4) is 0 Å². The number of sulfone groups is 1. The highest BCUT2D eigenvalue weighted by Gasteiger charge is 2.50. The zero-order chi connectivity index (χ0) is 37.6. The quantitative estimate of drug-likeness (QED) is 0.152. The summed E-state index contributed by atoms with van der Waals surface area (Å²) in [5, 5.41) is 20.2. The van der Waals surface area contributed by atoms with Gasteiger partial charge in [0.1, 0.15) is 0 Å². The van der Waals surface area contributed by atoms with Crippen molar-refractivity contribution in [3.8, 4) is 0 Å². The molecule has 51 heavy (non-hydrogen) atoms. The Hall–Kier alpha value is -1.72. The Kier molecular flexibility index (Phi) is 14.9. The zero-order valence-corrected chi connectivity index (χ0v) is 32.3. The normalized spacial score (nSPS) is 31.1. The van der Waals surface area contributed by atoms with E-state index < -0.39 is 68.3 Å². The third-order valence-corrected chi connectivity index (χ3v) is 12.6. The van der Waals surface area contributed by atoms with Crippen LogP contribution in [-0.2, 0) is 47.8 Å². The van der Waals surface area contributed by atoms with Gasteiger partial charge in [-0.2, -0.15) is 8.42 Å². The Labute approximate surface area is 304 Å². The van der Waals surface area contributed by atoms with Crippen LogP contribution >= 0.6 is 0 Å². The maximum atomic E-state index is 13.7. The van der Waals surface area contributed by atoms with Gasteiger partial charge >= 0.3 is 0 Å². The third kappa shape index (κ3) is 12.1. The molecule has 4 rings (SSSR count). The Morgan fingerprint density at radius 3 is 2.37 bits per heavy atom. The van der Waals surface area contributed by atoms with Crippen molar-refractivity contribution >= 4 is 20.0 Å². The number of aliphatic hydroxyl groups excluding tert-OH is 2. The molecule has 0 aliphatic carbocycles. The monoisotopic (exact) mass is 758 g/mol. The van der Waals surface area contributed by atoms with Crippen LogP contribution in [-0.4, -0.2) is 114 Å². The average Bonchev–Trinajstić information content (AvgIpc) is 3.56. The molecule has 3 aliphatic heterocycles. The minimum absolute atomic E-state index is 0.104. The minimum atomic E-state index is -3.73. The van der Waals surface area contributed by atoms with E-state index in [2.05, 4.69) is 20.1 Å². The van der Waals surface area contributed by atoms with E-state index >= 15 is 0 Å². The fourth-order valence-electron chi connectivity index (χ4n) is 7.52. The van der Waals surface area contributed by atoms with Gasteiger partial charge in [-0.05, 0) is 81.6 Å². The molecule has 0 saturated carbocycles. The number of rotatable bonds is 19. The van der Waals surface area contributed by atoms with Gasteiger partial charge in [0.2, 0.25) is 0 Å². The lowest BCUT2D eigenvalue weighted by Gasteiger charge is -2.38. The molecule has 14 heteroatoms. The second-order valence-electron chi connectivity index (χ2n) is 14.8. The SMILES string of the molecule is C=C1C(C[C@@H]2O[C@H](C[C@H]3COC(C)(C)O3)[C@H](OC)[C@H]2CS(=O)(=O)c2ccccc2)O[C@@H](CC[C@H](O)C(=C)C[C@@H](CCCO)OS(C)(=O)=O)C[C@H]1C. The van der Waals surface area contributed by atoms with Crippen LogP contribution in [0.25, 0.3) is 0 Å². The fourth-order valence-corrected chi connectivity index (χ4v) is 9.86.